The molecule has 0 N–H and O–H groups in total. The molecule has 0 aliphatic carbocycles. The van der Waals surface area contributed by atoms with Crippen LogP contribution in [-0.2, 0) is 20.3 Å². The summed E-state index contributed by atoms with van der Waals surface area (Å²) in [7, 11) is -1.02. The zero-order chi connectivity index (χ0) is 7.72. The Bertz CT molecular complexity index is 178. The Morgan fingerprint density at radius 2 is 2.20 bits per heavy atom. The molecule has 1 aliphatic heterocycles. The highest BCUT2D eigenvalue weighted by Crippen LogP contribution is 2.12. The second kappa shape index (κ2) is 2.70. The maximum Gasteiger partial charge on any atom is 0.318 e. The number of ether oxygens (including phenoxy) is 1. The van der Waals surface area contributed by atoms with Gasteiger partial charge >= 0.3 is 5.97 Å². The van der Waals surface area contributed by atoms with Crippen LogP contribution in [0, 0.1) is 0 Å². The molecule has 0 saturated carbocycles. The molecule has 58 valence electrons. The van der Waals surface area contributed by atoms with Crippen molar-refractivity contribution in [1.82, 2.24) is 0 Å². The van der Waals surface area contributed by atoms with E-state index in [1.807, 2.05) is 6.92 Å². The minimum Gasteiger partial charge on any atom is -0.461 e. The fourth-order valence-electron chi connectivity index (χ4n) is 0.799. The number of hydrogen-bond acceptors (Lipinski definition) is 3. The van der Waals surface area contributed by atoms with Gasteiger partial charge in [0.1, 0.15) is 11.9 Å². The zero-order valence-electron chi connectivity index (χ0n) is 5.99. The van der Waals surface area contributed by atoms with Gasteiger partial charge in [0.2, 0.25) is 0 Å². The molecule has 0 bridgehead atoms. The van der Waals surface area contributed by atoms with Crippen LogP contribution in [0.2, 0.25) is 0 Å². The van der Waals surface area contributed by atoms with Gasteiger partial charge in [0, 0.05) is 10.8 Å². The molecule has 1 heterocycles. The summed E-state index contributed by atoms with van der Waals surface area (Å²) in [6.07, 6.45) is -0.193. The zero-order valence-corrected chi connectivity index (χ0v) is 6.81. The van der Waals surface area contributed by atoms with Crippen LogP contribution in [0.3, 0.4) is 0 Å². The van der Waals surface area contributed by atoms with E-state index in [2.05, 4.69) is 0 Å². The lowest BCUT2D eigenvalue weighted by Crippen LogP contribution is -2.39. The second-order valence-electron chi connectivity index (χ2n) is 2.43. The smallest absolute Gasteiger partial charge is 0.318 e. The molecule has 0 aromatic carbocycles. The topological polar surface area (TPSA) is 43.4 Å². The van der Waals surface area contributed by atoms with E-state index in [4.69, 9.17) is 4.74 Å². The van der Waals surface area contributed by atoms with Crippen LogP contribution in [0.5, 0.6) is 0 Å². The molecule has 0 aromatic rings. The first-order valence-electron chi connectivity index (χ1n) is 3.18. The van der Waals surface area contributed by atoms with Crippen LogP contribution < -0.4 is 0 Å². The molecule has 10 heavy (non-hydrogen) atoms. The van der Waals surface area contributed by atoms with Gasteiger partial charge in [-0.2, -0.15) is 0 Å². The second-order valence-corrected chi connectivity index (χ2v) is 4.22. The highest BCUT2D eigenvalue weighted by molar-refractivity contribution is 7.86. The Morgan fingerprint density at radius 3 is 2.70 bits per heavy atom. The lowest BCUT2D eigenvalue weighted by Gasteiger charge is -2.24. The first-order valence-corrected chi connectivity index (χ1v) is 4.56. The molecule has 1 unspecified atom stereocenters. The average Bonchev–Trinajstić information content (AvgIpc) is 1.82. The molecule has 0 amide bonds. The van der Waals surface area contributed by atoms with Gasteiger partial charge in [-0.3, -0.25) is 9.00 Å². The van der Waals surface area contributed by atoms with Gasteiger partial charge in [0.25, 0.3) is 0 Å². The van der Waals surface area contributed by atoms with Crippen LogP contribution >= 0.6 is 0 Å². The number of carbonyl (C=O) groups excluding carboxylic acids is 1. The Labute approximate surface area is 62.2 Å². The van der Waals surface area contributed by atoms with Gasteiger partial charge in [-0.1, -0.05) is 0 Å². The first-order chi connectivity index (χ1) is 4.61. The van der Waals surface area contributed by atoms with Crippen molar-refractivity contribution in [2.24, 2.45) is 0 Å². The normalized spacial score (nSPS) is 41.0. The predicted octanol–water partition coefficient (Wildman–Crippen LogP) is 0.0689. The first kappa shape index (κ1) is 7.72. The van der Waals surface area contributed by atoms with Gasteiger partial charge in [-0.15, -0.1) is 0 Å². The van der Waals surface area contributed by atoms with E-state index in [0.29, 0.717) is 0 Å². The Hall–Kier alpha value is -0.380. The maximum atomic E-state index is 11.0. The van der Waals surface area contributed by atoms with E-state index >= 15 is 0 Å². The number of cyclic esters (lactones) is 1. The monoisotopic (exact) mass is 162 g/mol. The van der Waals surface area contributed by atoms with Gasteiger partial charge in [0.05, 0.1) is 5.25 Å². The average molecular weight is 162 g/mol. The van der Waals surface area contributed by atoms with Gasteiger partial charge in [-0.05, 0) is 13.8 Å². The third-order valence-corrected chi connectivity index (χ3v) is 3.39. The lowest BCUT2D eigenvalue weighted by molar-refractivity contribution is -0.145. The van der Waals surface area contributed by atoms with Crippen molar-refractivity contribution in [1.29, 1.82) is 0 Å². The van der Waals surface area contributed by atoms with E-state index in [0.717, 1.165) is 0 Å². The van der Waals surface area contributed by atoms with Gasteiger partial charge < -0.3 is 4.74 Å². The third-order valence-electron chi connectivity index (χ3n) is 1.65. The van der Waals surface area contributed by atoms with E-state index < -0.39 is 10.8 Å². The predicted molar refractivity (Wildman–Crippen MR) is 38.0 cm³/mol. The standard InChI is InChI=1S/C6H10O3S/c1-4-5(2)10(8)3-6(7)9-4/h4-5H,3H2,1-2H3/t4-,5+,10?/m1/s1. The maximum absolute atomic E-state index is 11.0. The molecule has 0 radical (unpaired) electrons. The van der Waals surface area contributed by atoms with Gasteiger partial charge in [0.15, 0.2) is 0 Å². The minimum absolute atomic E-state index is 0.0160. The van der Waals surface area contributed by atoms with Crippen molar-refractivity contribution in [3.05, 3.63) is 0 Å². The summed E-state index contributed by atoms with van der Waals surface area (Å²) in [6.45, 7) is 3.59. The van der Waals surface area contributed by atoms with Crippen molar-refractivity contribution < 1.29 is 13.7 Å². The lowest BCUT2D eigenvalue weighted by atomic mass is 10.3. The van der Waals surface area contributed by atoms with Crippen LogP contribution in [-0.4, -0.2) is 27.3 Å². The number of esters is 1. The number of carbonyl (C=O) groups is 1. The largest absolute Gasteiger partial charge is 0.461 e. The van der Waals surface area contributed by atoms with Crippen LogP contribution in [0.25, 0.3) is 0 Å². The Morgan fingerprint density at radius 1 is 1.60 bits per heavy atom. The molecule has 0 aromatic heterocycles. The Balaban J connectivity index is 2.66. The van der Waals surface area contributed by atoms with Crippen molar-refractivity contribution >= 4 is 16.8 Å². The highest BCUT2D eigenvalue weighted by atomic mass is 32.2. The summed E-state index contributed by atoms with van der Waals surface area (Å²) in [5, 5.41) is -0.0160. The van der Waals surface area contributed by atoms with E-state index in [1.165, 1.54) is 0 Å². The highest BCUT2D eigenvalue weighted by Gasteiger charge is 2.29. The Kier molecular flexibility index (Phi) is 2.08. The summed E-state index contributed by atoms with van der Waals surface area (Å²) in [5.74, 6) is -0.283. The van der Waals surface area contributed by atoms with Gasteiger partial charge in [-0.25, -0.2) is 0 Å². The molecule has 4 heteroatoms. The van der Waals surface area contributed by atoms with Crippen LogP contribution in [0.15, 0.2) is 0 Å². The third kappa shape index (κ3) is 1.37. The molecule has 1 rings (SSSR count). The molecule has 0 spiro atoms. The van der Waals surface area contributed by atoms with E-state index in [-0.39, 0.29) is 23.1 Å². The molecule has 1 fully saturated rings. The SMILES string of the molecule is C[C@H]1OC(=O)CS(=O)[C@H]1C. The fourth-order valence-corrected chi connectivity index (χ4v) is 1.84. The number of hydrogen-bond donors (Lipinski definition) is 0. The van der Waals surface area contributed by atoms with Crippen molar-refractivity contribution in [3.63, 3.8) is 0 Å². The van der Waals surface area contributed by atoms with Crippen LogP contribution in [0.4, 0.5) is 0 Å². The van der Waals surface area contributed by atoms with E-state index in [1.54, 1.807) is 6.92 Å². The summed E-state index contributed by atoms with van der Waals surface area (Å²) < 4.78 is 15.9. The summed E-state index contributed by atoms with van der Waals surface area (Å²) >= 11 is 0. The summed E-state index contributed by atoms with van der Waals surface area (Å²) in [6, 6.07) is 0. The molecular weight excluding hydrogens is 152 g/mol. The summed E-state index contributed by atoms with van der Waals surface area (Å²) in [4.78, 5) is 10.6. The fraction of sp³-hybridized carbons (Fsp3) is 0.833. The van der Waals surface area contributed by atoms with E-state index in [9.17, 15) is 9.00 Å². The quantitative estimate of drug-likeness (QED) is 0.473. The summed E-state index contributed by atoms with van der Waals surface area (Å²) in [5.41, 5.74) is 0. The molecule has 3 atom stereocenters. The number of rotatable bonds is 0. The molecular formula is C6H10O3S. The minimum atomic E-state index is -1.02. The van der Waals surface area contributed by atoms with Crippen molar-refractivity contribution in [2.45, 2.75) is 25.2 Å². The molecule has 1 aliphatic rings. The van der Waals surface area contributed by atoms with Crippen molar-refractivity contribution in [3.8, 4) is 0 Å². The molecule has 3 nitrogen and oxygen atoms in total. The van der Waals surface area contributed by atoms with Crippen molar-refractivity contribution in [2.75, 3.05) is 5.75 Å². The molecule has 1 saturated heterocycles. The van der Waals surface area contributed by atoms with Crippen LogP contribution in [0.1, 0.15) is 13.8 Å².